The number of hydrogen-bond donors (Lipinski definition) is 1. The van der Waals surface area contributed by atoms with Gasteiger partial charge in [0.1, 0.15) is 29.6 Å². The fourth-order valence-electron chi connectivity index (χ4n) is 4.83. The maximum atomic E-state index is 15.0. The van der Waals surface area contributed by atoms with Gasteiger partial charge in [-0.1, -0.05) is 17.7 Å². The lowest BCUT2D eigenvalue weighted by Crippen LogP contribution is -2.58. The number of benzene rings is 1. The molecule has 1 aromatic heterocycles. The van der Waals surface area contributed by atoms with Crippen molar-refractivity contribution in [3.05, 3.63) is 63.7 Å². The molecule has 6 nitrogen and oxygen atoms in total. The van der Waals surface area contributed by atoms with Gasteiger partial charge in [0.15, 0.2) is 20.4 Å². The molecule has 4 rings (SSSR count). The number of nitrogens with zero attached hydrogens (tertiary/aromatic N) is 2. The molecule has 2 N–H and O–H groups in total. The van der Waals surface area contributed by atoms with Crippen molar-refractivity contribution in [3.8, 4) is 0 Å². The molecule has 0 spiro atoms. The molecule has 2 aliphatic rings. The van der Waals surface area contributed by atoms with Crippen LogP contribution in [0.1, 0.15) is 46.9 Å². The zero-order chi connectivity index (χ0) is 23.5. The Bertz CT molecular complexity index is 1270. The van der Waals surface area contributed by atoms with Gasteiger partial charge in [-0.15, -0.1) is 0 Å². The monoisotopic (exact) mass is 481 g/mol. The second-order valence-corrected chi connectivity index (χ2v) is 11.5. The Morgan fingerprint density at radius 2 is 2.06 bits per heavy atom. The molecule has 32 heavy (non-hydrogen) atoms. The molecular weight excluding hydrogens is 460 g/mol. The minimum absolute atomic E-state index is 0.00271. The Balaban J connectivity index is 1.75. The van der Waals surface area contributed by atoms with Crippen LogP contribution in [0.4, 0.5) is 8.78 Å². The number of rotatable bonds is 5. The highest BCUT2D eigenvalue weighted by molar-refractivity contribution is 7.94. The summed E-state index contributed by atoms with van der Waals surface area (Å²) in [5.41, 5.74) is 5.76. The van der Waals surface area contributed by atoms with E-state index in [0.29, 0.717) is 16.1 Å². The number of aromatic nitrogens is 1. The summed E-state index contributed by atoms with van der Waals surface area (Å²) in [5.74, 6) is -1.30. The second kappa shape index (κ2) is 7.59. The van der Waals surface area contributed by atoms with Gasteiger partial charge in [0.25, 0.3) is 0 Å². The van der Waals surface area contributed by atoms with Crippen LogP contribution in [-0.2, 0) is 21.8 Å². The Kier molecular flexibility index (Phi) is 5.40. The third-order valence-corrected chi connectivity index (χ3v) is 9.90. The van der Waals surface area contributed by atoms with Gasteiger partial charge >= 0.3 is 0 Å². The summed E-state index contributed by atoms with van der Waals surface area (Å²) in [7, 11) is -4.04. The molecule has 0 amide bonds. The maximum Gasteiger partial charge on any atom is 0.185 e. The molecule has 2 aromatic rings. The number of hydrogen-bond acceptors (Lipinski definition) is 6. The van der Waals surface area contributed by atoms with Crippen LogP contribution in [0.3, 0.4) is 0 Å². The summed E-state index contributed by atoms with van der Waals surface area (Å²) in [6, 6.07) is 5.69. The molecule has 1 aromatic carbocycles. The van der Waals surface area contributed by atoms with E-state index < -0.39 is 37.9 Å². The number of alkyl halides is 1. The predicted molar refractivity (Wildman–Crippen MR) is 118 cm³/mol. The standard InChI is InChI=1S/C22H22ClF2N3O3S/c1-12-7-14(23)10-27-19(12)17(29)9-13-3-4-16(25)15(8-13)21(2)18-5-6-22(11-24,20(26)28-21)32(18,30)31/h3-4,7-8,10,18H,5-6,9,11H2,1-2H3,(H2,26,28)/t18-,21+,22-/m0/s1. The third-order valence-electron chi connectivity index (χ3n) is 6.64. The van der Waals surface area contributed by atoms with E-state index in [1.807, 2.05) is 0 Å². The fraction of sp³-hybridized carbons (Fsp3) is 0.409. The zero-order valence-corrected chi connectivity index (χ0v) is 19.1. The van der Waals surface area contributed by atoms with Crippen molar-refractivity contribution in [1.29, 1.82) is 0 Å². The minimum Gasteiger partial charge on any atom is -0.386 e. The number of nitrogens with two attached hydrogens (primary N) is 1. The molecule has 0 aliphatic carbocycles. The zero-order valence-electron chi connectivity index (χ0n) is 17.5. The number of Topliss-reactive ketones (excluding diaryl/α,β-unsaturated/α-hetero) is 1. The average Bonchev–Trinajstić information content (AvgIpc) is 2.92. The van der Waals surface area contributed by atoms with E-state index in [0.717, 1.165) is 0 Å². The van der Waals surface area contributed by atoms with E-state index in [-0.39, 0.29) is 42.1 Å². The van der Waals surface area contributed by atoms with Gasteiger partial charge in [-0.05, 0) is 56.0 Å². The number of pyridine rings is 1. The summed E-state index contributed by atoms with van der Waals surface area (Å²) in [6.45, 7) is 2.04. The molecule has 2 aliphatic heterocycles. The van der Waals surface area contributed by atoms with E-state index in [2.05, 4.69) is 9.98 Å². The van der Waals surface area contributed by atoms with Gasteiger partial charge < -0.3 is 5.73 Å². The van der Waals surface area contributed by atoms with Gasteiger partial charge in [-0.3, -0.25) is 14.8 Å². The summed E-state index contributed by atoms with van der Waals surface area (Å²) in [5, 5.41) is -0.704. The normalized spacial score (nSPS) is 28.4. The third kappa shape index (κ3) is 3.16. The second-order valence-electron chi connectivity index (χ2n) is 8.58. The Labute approximate surface area is 189 Å². The molecule has 0 unspecified atom stereocenters. The van der Waals surface area contributed by atoms with Crippen molar-refractivity contribution >= 4 is 33.1 Å². The smallest absolute Gasteiger partial charge is 0.185 e. The number of carbonyl (C=O) groups is 1. The van der Waals surface area contributed by atoms with Crippen LogP contribution in [0.2, 0.25) is 5.02 Å². The van der Waals surface area contributed by atoms with Gasteiger partial charge in [-0.2, -0.15) is 0 Å². The molecule has 10 heteroatoms. The van der Waals surface area contributed by atoms with E-state index in [1.54, 1.807) is 13.0 Å². The molecule has 1 saturated heterocycles. The number of fused-ring (bicyclic) bond motifs is 2. The Hall–Kier alpha value is -2.39. The molecule has 0 saturated carbocycles. The SMILES string of the molecule is Cc1cc(Cl)cnc1C(=O)Cc1ccc(F)c([C@@]2(C)N=C(N)[C@@]3(CF)CC[C@@H]2S3(=O)=O)c1. The highest BCUT2D eigenvalue weighted by atomic mass is 35.5. The lowest BCUT2D eigenvalue weighted by molar-refractivity contribution is 0.0987. The molecule has 3 heterocycles. The fourth-order valence-corrected chi connectivity index (χ4v) is 7.69. The van der Waals surface area contributed by atoms with E-state index in [4.69, 9.17) is 17.3 Å². The van der Waals surface area contributed by atoms with Crippen LogP contribution in [-0.4, -0.2) is 41.7 Å². The van der Waals surface area contributed by atoms with Crippen molar-refractivity contribution in [3.63, 3.8) is 0 Å². The molecule has 1 fully saturated rings. The number of ketones is 1. The lowest BCUT2D eigenvalue weighted by Gasteiger charge is -2.39. The van der Waals surface area contributed by atoms with Crippen molar-refractivity contribution in [2.45, 2.75) is 48.6 Å². The molecule has 0 radical (unpaired) electrons. The summed E-state index contributed by atoms with van der Waals surface area (Å²) >= 11 is 5.90. The summed E-state index contributed by atoms with van der Waals surface area (Å²) in [4.78, 5) is 21.2. The number of halogens is 3. The van der Waals surface area contributed by atoms with Gasteiger partial charge in [0.05, 0.1) is 10.3 Å². The first-order valence-electron chi connectivity index (χ1n) is 10.1. The predicted octanol–water partition coefficient (Wildman–Crippen LogP) is 3.48. The number of carbonyl (C=O) groups excluding carboxylic acids is 1. The molecule has 3 atom stereocenters. The molecule has 2 bridgehead atoms. The van der Waals surface area contributed by atoms with Crippen LogP contribution in [0.15, 0.2) is 35.5 Å². The first kappa shape index (κ1) is 22.8. The average molecular weight is 482 g/mol. The van der Waals surface area contributed by atoms with Gasteiger partial charge in [-0.25, -0.2) is 17.2 Å². The van der Waals surface area contributed by atoms with Crippen LogP contribution in [0, 0.1) is 12.7 Å². The highest BCUT2D eigenvalue weighted by Crippen LogP contribution is 2.51. The van der Waals surface area contributed by atoms with Crippen molar-refractivity contribution in [2.24, 2.45) is 10.7 Å². The number of amidine groups is 1. The number of aliphatic imine (C=N–C) groups is 1. The first-order chi connectivity index (χ1) is 15.0. The van der Waals surface area contributed by atoms with Gasteiger partial charge in [0.2, 0.25) is 0 Å². The van der Waals surface area contributed by atoms with Gasteiger partial charge in [0, 0.05) is 18.2 Å². The van der Waals surface area contributed by atoms with Crippen molar-refractivity contribution < 1.29 is 22.0 Å². The minimum atomic E-state index is -4.04. The van der Waals surface area contributed by atoms with Crippen LogP contribution in [0.25, 0.3) is 0 Å². The van der Waals surface area contributed by atoms with Crippen molar-refractivity contribution in [2.75, 3.05) is 6.67 Å². The van der Waals surface area contributed by atoms with Crippen molar-refractivity contribution in [1.82, 2.24) is 4.98 Å². The largest absolute Gasteiger partial charge is 0.386 e. The summed E-state index contributed by atoms with van der Waals surface area (Å²) < 4.78 is 53.2. The van der Waals surface area contributed by atoms with E-state index >= 15 is 0 Å². The van der Waals surface area contributed by atoms with E-state index in [9.17, 15) is 22.0 Å². The van der Waals surface area contributed by atoms with Crippen LogP contribution < -0.4 is 5.73 Å². The Morgan fingerprint density at radius 1 is 1.34 bits per heavy atom. The maximum absolute atomic E-state index is 15.0. The quantitative estimate of drug-likeness (QED) is 0.658. The highest BCUT2D eigenvalue weighted by Gasteiger charge is 2.65. The van der Waals surface area contributed by atoms with Crippen LogP contribution in [0.5, 0.6) is 0 Å². The number of sulfone groups is 1. The summed E-state index contributed by atoms with van der Waals surface area (Å²) in [6.07, 6.45) is 1.41. The Morgan fingerprint density at radius 3 is 2.72 bits per heavy atom. The van der Waals surface area contributed by atoms with Crippen LogP contribution >= 0.6 is 11.6 Å². The lowest BCUT2D eigenvalue weighted by atomic mass is 9.85. The topological polar surface area (TPSA) is 102 Å². The molecule has 170 valence electrons. The van der Waals surface area contributed by atoms with E-state index in [1.165, 1.54) is 31.3 Å². The molecular formula is C22H22ClF2N3O3S. The number of aryl methyl sites for hydroxylation is 1. The first-order valence-corrected chi connectivity index (χ1v) is 12.0.